The van der Waals surface area contributed by atoms with Gasteiger partial charge in [-0.25, -0.2) is 4.98 Å². The number of hydrogen-bond donors (Lipinski definition) is 3. The molecule has 31 heavy (non-hydrogen) atoms. The van der Waals surface area contributed by atoms with E-state index in [0.29, 0.717) is 0 Å². The zero-order chi connectivity index (χ0) is 21.0. The molecule has 2 aromatic heterocycles. The molecule has 7 heteroatoms. The molecule has 0 bridgehead atoms. The van der Waals surface area contributed by atoms with Crippen molar-refractivity contribution in [2.24, 2.45) is 4.99 Å². The zero-order valence-electron chi connectivity index (χ0n) is 17.3. The van der Waals surface area contributed by atoms with Crippen molar-refractivity contribution in [3.05, 3.63) is 60.8 Å². The number of nitrogens with zero attached hydrogens (tertiary/aromatic N) is 4. The summed E-state index contributed by atoms with van der Waals surface area (Å²) in [5.74, 6) is 1.03. The van der Waals surface area contributed by atoms with Crippen LogP contribution in [0.1, 0.15) is 6.42 Å². The van der Waals surface area contributed by atoms with E-state index in [1.807, 2.05) is 12.4 Å². The van der Waals surface area contributed by atoms with Crippen LogP contribution in [0.4, 0.5) is 11.8 Å². The number of nitrogens with two attached hydrogens (primary N) is 1. The highest BCUT2D eigenvalue weighted by Crippen LogP contribution is 2.31. The van der Waals surface area contributed by atoms with Gasteiger partial charge in [0.1, 0.15) is 5.82 Å². The summed E-state index contributed by atoms with van der Waals surface area (Å²) < 4.78 is 0. The van der Waals surface area contributed by atoms with Crippen LogP contribution in [0.15, 0.2) is 65.8 Å². The van der Waals surface area contributed by atoms with Gasteiger partial charge in [0.25, 0.3) is 0 Å². The van der Waals surface area contributed by atoms with Crippen molar-refractivity contribution in [2.45, 2.75) is 6.42 Å². The first-order valence-corrected chi connectivity index (χ1v) is 10.6. The molecular weight excluding hydrogens is 386 g/mol. The van der Waals surface area contributed by atoms with E-state index in [2.05, 4.69) is 78.7 Å². The Labute approximate surface area is 181 Å². The molecule has 1 aliphatic heterocycles. The first kappa shape index (κ1) is 19.1. The molecule has 3 heterocycles. The van der Waals surface area contributed by atoms with Crippen molar-refractivity contribution in [1.82, 2.24) is 19.9 Å². The number of benzene rings is 2. The summed E-state index contributed by atoms with van der Waals surface area (Å²) in [6.07, 6.45) is 4.72. The standard InChI is InChI=1S/C24H25N7/c25-24-28-15-20(23(30-24)27-9-4-11-31-12-10-26-16-31)17-6-3-7-18(13-17)22-14-19-5-1-2-8-21(19)29-22/h1-3,5-8,13-16,29H,4,9-12H2,(H3,25,27,28,30). The fourth-order valence-electron chi connectivity index (χ4n) is 3.90. The number of H-pyrrole nitrogens is 1. The van der Waals surface area contributed by atoms with Gasteiger partial charge in [0, 0.05) is 48.0 Å². The minimum absolute atomic E-state index is 0.268. The van der Waals surface area contributed by atoms with Crippen molar-refractivity contribution in [2.75, 3.05) is 37.2 Å². The molecule has 4 N–H and O–H groups in total. The lowest BCUT2D eigenvalue weighted by Crippen LogP contribution is -2.22. The maximum atomic E-state index is 5.88. The monoisotopic (exact) mass is 411 g/mol. The molecule has 5 rings (SSSR count). The van der Waals surface area contributed by atoms with Crippen molar-refractivity contribution in [3.8, 4) is 22.4 Å². The number of hydrogen-bond acceptors (Lipinski definition) is 6. The zero-order valence-corrected chi connectivity index (χ0v) is 17.3. The van der Waals surface area contributed by atoms with Gasteiger partial charge in [-0.1, -0.05) is 36.4 Å². The third-order valence-electron chi connectivity index (χ3n) is 5.50. The van der Waals surface area contributed by atoms with Gasteiger partial charge in [-0.15, -0.1) is 0 Å². The Morgan fingerprint density at radius 2 is 1.97 bits per heavy atom. The van der Waals surface area contributed by atoms with Crippen LogP contribution in [0.5, 0.6) is 0 Å². The van der Waals surface area contributed by atoms with Gasteiger partial charge in [0.2, 0.25) is 5.95 Å². The second-order valence-electron chi connectivity index (χ2n) is 7.68. The van der Waals surface area contributed by atoms with E-state index >= 15 is 0 Å². The summed E-state index contributed by atoms with van der Waals surface area (Å²) >= 11 is 0. The summed E-state index contributed by atoms with van der Waals surface area (Å²) in [5, 5.41) is 4.65. The Bertz CT molecular complexity index is 1190. The molecule has 0 fully saturated rings. The largest absolute Gasteiger partial charge is 0.369 e. The third-order valence-corrected chi connectivity index (χ3v) is 5.50. The number of aromatic amines is 1. The second kappa shape index (κ2) is 8.47. The van der Waals surface area contributed by atoms with Crippen LogP contribution in [-0.4, -0.2) is 52.4 Å². The average Bonchev–Trinajstić information content (AvgIpc) is 3.47. The summed E-state index contributed by atoms with van der Waals surface area (Å²) in [7, 11) is 0. The van der Waals surface area contributed by atoms with Gasteiger partial charge in [-0.05, 0) is 35.7 Å². The van der Waals surface area contributed by atoms with Gasteiger partial charge in [0.05, 0.1) is 12.9 Å². The maximum Gasteiger partial charge on any atom is 0.221 e. The molecular formula is C24H25N7. The Morgan fingerprint density at radius 1 is 1.06 bits per heavy atom. The van der Waals surface area contributed by atoms with Crippen LogP contribution in [0.25, 0.3) is 33.3 Å². The highest BCUT2D eigenvalue weighted by atomic mass is 15.2. The lowest BCUT2D eigenvalue weighted by Gasteiger charge is -2.15. The van der Waals surface area contributed by atoms with E-state index in [0.717, 1.165) is 66.3 Å². The molecule has 0 unspecified atom stereocenters. The fourth-order valence-corrected chi connectivity index (χ4v) is 3.90. The first-order valence-electron chi connectivity index (χ1n) is 10.6. The molecule has 0 spiro atoms. The molecule has 156 valence electrons. The molecule has 0 radical (unpaired) electrons. The molecule has 0 amide bonds. The van der Waals surface area contributed by atoms with Crippen LogP contribution in [-0.2, 0) is 0 Å². The minimum atomic E-state index is 0.268. The van der Waals surface area contributed by atoms with Crippen LogP contribution in [0.3, 0.4) is 0 Å². The number of nitrogen functional groups attached to an aromatic ring is 1. The predicted octanol–water partition coefficient (Wildman–Crippen LogP) is 4.02. The van der Waals surface area contributed by atoms with Crippen molar-refractivity contribution < 1.29 is 0 Å². The normalized spacial score (nSPS) is 13.2. The molecule has 7 nitrogen and oxygen atoms in total. The van der Waals surface area contributed by atoms with E-state index in [4.69, 9.17) is 5.73 Å². The second-order valence-corrected chi connectivity index (χ2v) is 7.68. The lowest BCUT2D eigenvalue weighted by molar-refractivity contribution is 0.461. The molecule has 0 aliphatic carbocycles. The maximum absolute atomic E-state index is 5.88. The van der Waals surface area contributed by atoms with Crippen LogP contribution >= 0.6 is 0 Å². The SMILES string of the molecule is Nc1ncc(-c2cccc(-c3cc4ccccc4[nH]3)c2)c(NCCCN2C=NCC2)n1. The fraction of sp³-hybridized carbons (Fsp3) is 0.208. The van der Waals surface area contributed by atoms with Crippen LogP contribution < -0.4 is 11.1 Å². The van der Waals surface area contributed by atoms with Gasteiger partial charge in [-0.2, -0.15) is 4.98 Å². The average molecular weight is 412 g/mol. The predicted molar refractivity (Wildman–Crippen MR) is 127 cm³/mol. The van der Waals surface area contributed by atoms with Crippen LogP contribution in [0.2, 0.25) is 0 Å². The van der Waals surface area contributed by atoms with Gasteiger partial charge in [0.15, 0.2) is 0 Å². The molecule has 0 atom stereocenters. The van der Waals surface area contributed by atoms with E-state index in [1.54, 1.807) is 6.20 Å². The highest BCUT2D eigenvalue weighted by molar-refractivity contribution is 5.87. The van der Waals surface area contributed by atoms with E-state index < -0.39 is 0 Å². The molecule has 0 saturated carbocycles. The Morgan fingerprint density at radius 3 is 2.84 bits per heavy atom. The minimum Gasteiger partial charge on any atom is -0.369 e. The van der Waals surface area contributed by atoms with Gasteiger partial charge in [-0.3, -0.25) is 4.99 Å². The summed E-state index contributed by atoms with van der Waals surface area (Å²) in [5.41, 5.74) is 11.2. The number of rotatable bonds is 7. The number of nitrogens with one attached hydrogen (secondary N) is 2. The Kier molecular flexibility index (Phi) is 5.22. The summed E-state index contributed by atoms with van der Waals surface area (Å²) in [4.78, 5) is 18.7. The van der Waals surface area contributed by atoms with Crippen LogP contribution in [0, 0.1) is 0 Å². The Hall–Kier alpha value is -3.87. The third kappa shape index (κ3) is 4.21. The summed E-state index contributed by atoms with van der Waals surface area (Å²) in [6, 6.07) is 18.9. The van der Waals surface area contributed by atoms with Crippen molar-refractivity contribution in [3.63, 3.8) is 0 Å². The first-order chi connectivity index (χ1) is 15.3. The number of aromatic nitrogens is 3. The van der Waals surface area contributed by atoms with Crippen molar-refractivity contribution >= 4 is 29.0 Å². The molecule has 1 aliphatic rings. The van der Waals surface area contributed by atoms with Gasteiger partial charge < -0.3 is 20.9 Å². The number of para-hydroxylation sites is 1. The smallest absolute Gasteiger partial charge is 0.221 e. The summed E-state index contributed by atoms with van der Waals surface area (Å²) in [6.45, 7) is 3.68. The van der Waals surface area contributed by atoms with Crippen molar-refractivity contribution in [1.29, 1.82) is 0 Å². The topological polar surface area (TPSA) is 95.2 Å². The molecule has 0 saturated heterocycles. The lowest BCUT2D eigenvalue weighted by atomic mass is 10.0. The van der Waals surface area contributed by atoms with E-state index in [9.17, 15) is 0 Å². The number of anilines is 2. The quantitative estimate of drug-likeness (QED) is 0.399. The van der Waals surface area contributed by atoms with E-state index in [-0.39, 0.29) is 5.95 Å². The number of aliphatic imine (C=N–C) groups is 1. The Balaban J connectivity index is 1.38. The molecule has 2 aromatic carbocycles. The van der Waals surface area contributed by atoms with Gasteiger partial charge >= 0.3 is 0 Å². The molecule has 4 aromatic rings. The number of fused-ring (bicyclic) bond motifs is 1. The van der Waals surface area contributed by atoms with E-state index in [1.165, 1.54) is 5.39 Å². The highest BCUT2D eigenvalue weighted by Gasteiger charge is 2.11.